The lowest BCUT2D eigenvalue weighted by atomic mass is 10.1. The maximum atomic E-state index is 5.41. The van der Waals surface area contributed by atoms with Gasteiger partial charge in [-0.3, -0.25) is 0 Å². The van der Waals surface area contributed by atoms with Crippen LogP contribution in [0.3, 0.4) is 0 Å². The first-order chi connectivity index (χ1) is 11.2. The zero-order valence-electron chi connectivity index (χ0n) is 13.5. The molecule has 120 valence electrons. The van der Waals surface area contributed by atoms with Crippen molar-refractivity contribution in [3.8, 4) is 0 Å². The highest BCUT2D eigenvalue weighted by molar-refractivity contribution is 7.80. The van der Waals surface area contributed by atoms with E-state index in [0.29, 0.717) is 6.54 Å². The average molecular weight is 326 g/mol. The van der Waals surface area contributed by atoms with Crippen LogP contribution in [0.2, 0.25) is 0 Å². The largest absolute Gasteiger partial charge is 0.359 e. The van der Waals surface area contributed by atoms with Crippen LogP contribution in [0.5, 0.6) is 0 Å². The third-order valence-corrected chi connectivity index (χ3v) is 4.60. The SMILES string of the molecule is C=CCNC(=S)N1CCN(c2cc(C)c3ccccc3n2)CC1. The molecule has 1 aromatic carbocycles. The van der Waals surface area contributed by atoms with Crippen molar-refractivity contribution in [1.29, 1.82) is 0 Å². The van der Waals surface area contributed by atoms with E-state index in [-0.39, 0.29) is 0 Å². The van der Waals surface area contributed by atoms with Crippen molar-refractivity contribution >= 4 is 34.1 Å². The third-order valence-electron chi connectivity index (χ3n) is 4.20. The van der Waals surface area contributed by atoms with Crippen LogP contribution in [0.15, 0.2) is 43.0 Å². The Morgan fingerprint density at radius 3 is 2.78 bits per heavy atom. The molecule has 1 N–H and O–H groups in total. The van der Waals surface area contributed by atoms with Crippen molar-refractivity contribution in [1.82, 2.24) is 15.2 Å². The molecule has 0 atom stereocenters. The molecule has 23 heavy (non-hydrogen) atoms. The number of thiocarbonyl (C=S) groups is 1. The zero-order valence-corrected chi connectivity index (χ0v) is 14.3. The number of rotatable bonds is 3. The highest BCUT2D eigenvalue weighted by Gasteiger charge is 2.20. The molecule has 0 amide bonds. The Balaban J connectivity index is 1.70. The normalized spacial score (nSPS) is 14.8. The fraction of sp³-hybridized carbons (Fsp3) is 0.333. The van der Waals surface area contributed by atoms with Crippen LogP contribution in [0, 0.1) is 6.92 Å². The van der Waals surface area contributed by atoms with Crippen LogP contribution < -0.4 is 10.2 Å². The molecule has 1 fully saturated rings. The number of para-hydroxylation sites is 1. The minimum Gasteiger partial charge on any atom is -0.359 e. The van der Waals surface area contributed by atoms with E-state index in [9.17, 15) is 0 Å². The van der Waals surface area contributed by atoms with Crippen molar-refractivity contribution < 1.29 is 0 Å². The summed E-state index contributed by atoms with van der Waals surface area (Å²) in [6.45, 7) is 10.3. The smallest absolute Gasteiger partial charge is 0.169 e. The van der Waals surface area contributed by atoms with Gasteiger partial charge in [0.15, 0.2) is 5.11 Å². The van der Waals surface area contributed by atoms with E-state index in [4.69, 9.17) is 17.2 Å². The molecule has 1 aromatic heterocycles. The van der Waals surface area contributed by atoms with Gasteiger partial charge in [0.2, 0.25) is 0 Å². The van der Waals surface area contributed by atoms with Crippen molar-refractivity contribution in [3.63, 3.8) is 0 Å². The number of fused-ring (bicyclic) bond motifs is 1. The van der Waals surface area contributed by atoms with Gasteiger partial charge >= 0.3 is 0 Å². The zero-order chi connectivity index (χ0) is 16.2. The number of anilines is 1. The Hall–Kier alpha value is -2.14. The average Bonchev–Trinajstić information content (AvgIpc) is 2.60. The maximum Gasteiger partial charge on any atom is 0.169 e. The van der Waals surface area contributed by atoms with Gasteiger partial charge < -0.3 is 15.1 Å². The molecule has 0 radical (unpaired) electrons. The summed E-state index contributed by atoms with van der Waals surface area (Å²) >= 11 is 5.41. The van der Waals surface area contributed by atoms with Gasteiger partial charge in [0, 0.05) is 38.1 Å². The van der Waals surface area contributed by atoms with Crippen LogP contribution in [0.1, 0.15) is 5.56 Å². The molecule has 4 nitrogen and oxygen atoms in total. The molecule has 1 aliphatic rings. The quantitative estimate of drug-likeness (QED) is 0.692. The van der Waals surface area contributed by atoms with Gasteiger partial charge in [-0.25, -0.2) is 4.98 Å². The van der Waals surface area contributed by atoms with E-state index >= 15 is 0 Å². The van der Waals surface area contributed by atoms with Crippen LogP contribution >= 0.6 is 12.2 Å². The molecule has 0 saturated carbocycles. The first-order valence-electron chi connectivity index (χ1n) is 7.94. The Morgan fingerprint density at radius 1 is 1.30 bits per heavy atom. The second-order valence-electron chi connectivity index (χ2n) is 5.76. The van der Waals surface area contributed by atoms with E-state index in [1.165, 1.54) is 10.9 Å². The molecular formula is C18H22N4S. The van der Waals surface area contributed by atoms with Gasteiger partial charge in [-0.1, -0.05) is 24.3 Å². The lowest BCUT2D eigenvalue weighted by molar-refractivity contribution is 0.380. The Morgan fingerprint density at radius 2 is 2.04 bits per heavy atom. The predicted molar refractivity (Wildman–Crippen MR) is 101 cm³/mol. The molecule has 1 saturated heterocycles. The summed E-state index contributed by atoms with van der Waals surface area (Å²) in [5.74, 6) is 1.06. The predicted octanol–water partition coefficient (Wildman–Crippen LogP) is 2.73. The number of hydrogen-bond donors (Lipinski definition) is 1. The summed E-state index contributed by atoms with van der Waals surface area (Å²) in [4.78, 5) is 9.38. The summed E-state index contributed by atoms with van der Waals surface area (Å²) in [6, 6.07) is 10.5. The van der Waals surface area contributed by atoms with E-state index in [2.05, 4.69) is 52.9 Å². The lowest BCUT2D eigenvalue weighted by Crippen LogP contribution is -2.52. The fourth-order valence-corrected chi connectivity index (χ4v) is 3.17. The van der Waals surface area contributed by atoms with Gasteiger partial charge in [0.1, 0.15) is 5.82 Å². The Kier molecular flexibility index (Phi) is 4.76. The van der Waals surface area contributed by atoms with E-state index in [0.717, 1.165) is 42.6 Å². The summed E-state index contributed by atoms with van der Waals surface area (Å²) < 4.78 is 0. The molecule has 0 spiro atoms. The summed E-state index contributed by atoms with van der Waals surface area (Å²) in [7, 11) is 0. The minimum absolute atomic E-state index is 0.713. The van der Waals surface area contributed by atoms with Crippen LogP contribution in [0.4, 0.5) is 5.82 Å². The summed E-state index contributed by atoms with van der Waals surface area (Å²) in [5.41, 5.74) is 2.34. The van der Waals surface area contributed by atoms with Crippen LogP contribution in [0.25, 0.3) is 10.9 Å². The second kappa shape index (κ2) is 6.96. The molecule has 0 unspecified atom stereocenters. The van der Waals surface area contributed by atoms with Crippen LogP contribution in [-0.4, -0.2) is 47.7 Å². The first kappa shape index (κ1) is 15.7. The van der Waals surface area contributed by atoms with Crippen molar-refractivity contribution in [3.05, 3.63) is 48.6 Å². The Labute approximate surface area is 142 Å². The van der Waals surface area contributed by atoms with Gasteiger partial charge in [-0.15, -0.1) is 6.58 Å². The van der Waals surface area contributed by atoms with Crippen molar-refractivity contribution in [2.24, 2.45) is 0 Å². The topological polar surface area (TPSA) is 31.4 Å². The summed E-state index contributed by atoms with van der Waals surface area (Å²) in [5, 5.41) is 5.23. The van der Waals surface area contributed by atoms with Gasteiger partial charge in [-0.2, -0.15) is 0 Å². The highest BCUT2D eigenvalue weighted by atomic mass is 32.1. The minimum atomic E-state index is 0.713. The van der Waals surface area contributed by atoms with E-state index in [1.54, 1.807) is 0 Å². The molecule has 0 aliphatic carbocycles. The molecule has 5 heteroatoms. The first-order valence-corrected chi connectivity index (χ1v) is 8.35. The maximum absolute atomic E-state index is 5.41. The number of pyridine rings is 1. The molecule has 3 rings (SSSR count). The number of nitrogens with zero attached hydrogens (tertiary/aromatic N) is 3. The number of aromatic nitrogens is 1. The molecular weight excluding hydrogens is 304 g/mol. The van der Waals surface area contributed by atoms with E-state index in [1.807, 2.05) is 12.1 Å². The Bertz CT molecular complexity index is 720. The van der Waals surface area contributed by atoms with Crippen LogP contribution in [-0.2, 0) is 0 Å². The van der Waals surface area contributed by atoms with E-state index < -0.39 is 0 Å². The summed E-state index contributed by atoms with van der Waals surface area (Å²) in [6.07, 6.45) is 1.82. The number of nitrogens with one attached hydrogen (secondary N) is 1. The number of aryl methyl sites for hydroxylation is 1. The molecule has 2 aromatic rings. The lowest BCUT2D eigenvalue weighted by Gasteiger charge is -2.37. The standard InChI is InChI=1S/C18H22N4S/c1-3-8-19-18(23)22-11-9-21(10-12-22)17-13-14(2)15-6-4-5-7-16(15)20-17/h3-7,13H,1,8-12H2,2H3,(H,19,23). The van der Waals surface area contributed by atoms with Gasteiger partial charge in [-0.05, 0) is 36.8 Å². The second-order valence-corrected chi connectivity index (χ2v) is 6.15. The van der Waals surface area contributed by atoms with Crippen molar-refractivity contribution in [2.75, 3.05) is 37.6 Å². The highest BCUT2D eigenvalue weighted by Crippen LogP contribution is 2.23. The fourth-order valence-electron chi connectivity index (χ4n) is 2.90. The molecule has 2 heterocycles. The van der Waals surface area contributed by atoms with Gasteiger partial charge in [0.25, 0.3) is 0 Å². The monoisotopic (exact) mass is 326 g/mol. The number of benzene rings is 1. The molecule has 0 bridgehead atoms. The number of piperazine rings is 1. The molecule has 1 aliphatic heterocycles. The number of hydrogen-bond acceptors (Lipinski definition) is 3. The third kappa shape index (κ3) is 3.45. The van der Waals surface area contributed by atoms with Gasteiger partial charge in [0.05, 0.1) is 5.52 Å². The van der Waals surface area contributed by atoms with Crippen molar-refractivity contribution in [2.45, 2.75) is 6.92 Å².